The number of nitro benzene ring substituents is 1. The summed E-state index contributed by atoms with van der Waals surface area (Å²) in [7, 11) is 1.20. The van der Waals surface area contributed by atoms with Gasteiger partial charge < -0.3 is 9.47 Å². The molecule has 7 nitrogen and oxygen atoms in total. The molecule has 0 bridgehead atoms. The summed E-state index contributed by atoms with van der Waals surface area (Å²) in [4.78, 5) is 34.2. The molecule has 0 saturated heterocycles. The Bertz CT molecular complexity index is 933. The summed E-state index contributed by atoms with van der Waals surface area (Å²) in [6.45, 7) is 7.18. The molecule has 0 radical (unpaired) electrons. The first-order valence-electron chi connectivity index (χ1n) is 8.27. The number of nitrogens with zero attached hydrogens (tertiary/aromatic N) is 1. The highest BCUT2D eigenvalue weighted by Crippen LogP contribution is 2.30. The van der Waals surface area contributed by atoms with Gasteiger partial charge in [0, 0.05) is 11.6 Å². The second kappa shape index (κ2) is 7.99. The van der Waals surface area contributed by atoms with Gasteiger partial charge in [0.05, 0.1) is 17.6 Å². The van der Waals surface area contributed by atoms with Crippen LogP contribution in [-0.4, -0.2) is 23.8 Å². The number of Topliss-reactive ketones (excluding diaryl/α,β-unsaturated/α-hetero) is 1. The highest BCUT2D eigenvalue weighted by molar-refractivity contribution is 5.97. The SMILES string of the molecule is COC(=O)c1ccc(OCc2c(C)cc(C)c(C(C)=O)c2C)c([N+](=O)[O-])c1. The van der Waals surface area contributed by atoms with Gasteiger partial charge in [0.2, 0.25) is 0 Å². The molecule has 0 N–H and O–H groups in total. The van der Waals surface area contributed by atoms with Crippen LogP contribution >= 0.6 is 0 Å². The fraction of sp³-hybridized carbons (Fsp3) is 0.300. The first-order valence-corrected chi connectivity index (χ1v) is 8.27. The van der Waals surface area contributed by atoms with Crippen molar-refractivity contribution in [3.05, 3.63) is 67.8 Å². The molecule has 7 heteroatoms. The second-order valence-electron chi connectivity index (χ2n) is 6.26. The number of methoxy groups -OCH3 is 1. The third-order valence-electron chi connectivity index (χ3n) is 4.43. The Morgan fingerprint density at radius 1 is 1.11 bits per heavy atom. The number of rotatable bonds is 6. The number of benzene rings is 2. The molecule has 0 unspecified atom stereocenters. The van der Waals surface area contributed by atoms with E-state index in [1.54, 1.807) is 0 Å². The zero-order chi connectivity index (χ0) is 20.3. The number of ketones is 1. The highest BCUT2D eigenvalue weighted by atomic mass is 16.6. The van der Waals surface area contributed by atoms with Gasteiger partial charge in [-0.05, 0) is 62.1 Å². The minimum atomic E-state index is -0.666. The largest absolute Gasteiger partial charge is 0.482 e. The maximum absolute atomic E-state index is 11.9. The first kappa shape index (κ1) is 20.1. The molecular formula is C20H21NO6. The van der Waals surface area contributed by atoms with E-state index in [4.69, 9.17) is 4.74 Å². The van der Waals surface area contributed by atoms with Crippen LogP contribution in [-0.2, 0) is 11.3 Å². The molecule has 0 saturated carbocycles. The highest BCUT2D eigenvalue weighted by Gasteiger charge is 2.21. The van der Waals surface area contributed by atoms with Gasteiger partial charge in [-0.25, -0.2) is 4.79 Å². The summed E-state index contributed by atoms with van der Waals surface area (Å²) in [6.07, 6.45) is 0. The average Bonchev–Trinajstić information content (AvgIpc) is 2.59. The molecule has 0 aromatic heterocycles. The smallest absolute Gasteiger partial charge is 0.338 e. The number of ether oxygens (including phenoxy) is 2. The van der Waals surface area contributed by atoms with Crippen molar-refractivity contribution in [2.75, 3.05) is 7.11 Å². The Hall–Kier alpha value is -3.22. The van der Waals surface area contributed by atoms with E-state index in [2.05, 4.69) is 4.74 Å². The monoisotopic (exact) mass is 371 g/mol. The standard InChI is InChI=1S/C20H21NO6/c1-11-8-12(2)19(14(4)22)13(3)16(11)10-27-18-7-6-15(20(23)26-5)9-17(18)21(24)25/h6-9H,10H2,1-5H3. The Morgan fingerprint density at radius 2 is 1.78 bits per heavy atom. The number of hydrogen-bond donors (Lipinski definition) is 0. The molecule has 0 atom stereocenters. The minimum absolute atomic E-state index is 0.0383. The van der Waals surface area contributed by atoms with Crippen molar-refractivity contribution in [3.8, 4) is 5.75 Å². The lowest BCUT2D eigenvalue weighted by Crippen LogP contribution is -2.09. The molecule has 0 heterocycles. The Balaban J connectivity index is 2.40. The van der Waals surface area contributed by atoms with Crippen LogP contribution in [0.1, 0.15) is 49.9 Å². The molecule has 0 aliphatic rings. The summed E-state index contributed by atoms with van der Waals surface area (Å²) >= 11 is 0. The van der Waals surface area contributed by atoms with Crippen molar-refractivity contribution in [2.24, 2.45) is 0 Å². The van der Waals surface area contributed by atoms with Crippen LogP contribution in [0.15, 0.2) is 24.3 Å². The number of aryl methyl sites for hydroxylation is 2. The van der Waals surface area contributed by atoms with Crippen molar-refractivity contribution in [1.82, 2.24) is 0 Å². The average molecular weight is 371 g/mol. The number of nitro groups is 1. The van der Waals surface area contributed by atoms with Gasteiger partial charge in [-0.3, -0.25) is 14.9 Å². The lowest BCUT2D eigenvalue weighted by molar-refractivity contribution is -0.386. The van der Waals surface area contributed by atoms with Crippen LogP contribution in [0.3, 0.4) is 0 Å². The Kier molecular flexibility index (Phi) is 5.95. The predicted molar refractivity (Wildman–Crippen MR) is 99.4 cm³/mol. The maximum atomic E-state index is 11.9. The Morgan fingerprint density at radius 3 is 2.33 bits per heavy atom. The zero-order valence-corrected chi connectivity index (χ0v) is 15.9. The normalized spacial score (nSPS) is 10.4. The van der Waals surface area contributed by atoms with E-state index in [9.17, 15) is 19.7 Å². The number of carbonyl (C=O) groups is 2. The first-order chi connectivity index (χ1) is 12.7. The van der Waals surface area contributed by atoms with Gasteiger partial charge in [-0.2, -0.15) is 0 Å². The molecule has 27 heavy (non-hydrogen) atoms. The fourth-order valence-electron chi connectivity index (χ4n) is 3.17. The third kappa shape index (κ3) is 4.13. The maximum Gasteiger partial charge on any atom is 0.338 e. The summed E-state index contributed by atoms with van der Waals surface area (Å²) in [5.74, 6) is -0.669. The number of hydrogen-bond acceptors (Lipinski definition) is 6. The second-order valence-corrected chi connectivity index (χ2v) is 6.26. The summed E-state index contributed by atoms with van der Waals surface area (Å²) in [6, 6.07) is 5.80. The molecule has 0 aliphatic heterocycles. The molecule has 2 rings (SSSR count). The van der Waals surface area contributed by atoms with E-state index in [1.807, 2.05) is 26.8 Å². The molecule has 0 spiro atoms. The van der Waals surface area contributed by atoms with Crippen LogP contribution in [0.2, 0.25) is 0 Å². The van der Waals surface area contributed by atoms with E-state index in [0.717, 1.165) is 28.3 Å². The summed E-state index contributed by atoms with van der Waals surface area (Å²) < 4.78 is 10.3. The molecule has 0 amide bonds. The topological polar surface area (TPSA) is 95.7 Å². The van der Waals surface area contributed by atoms with Gasteiger partial charge >= 0.3 is 11.7 Å². The molecule has 142 valence electrons. The van der Waals surface area contributed by atoms with Crippen LogP contribution < -0.4 is 4.74 Å². The van der Waals surface area contributed by atoms with Crippen LogP contribution in [0.4, 0.5) is 5.69 Å². The molecule has 0 aliphatic carbocycles. The van der Waals surface area contributed by atoms with Crippen LogP contribution in [0.25, 0.3) is 0 Å². The number of carbonyl (C=O) groups excluding carboxylic acids is 2. The van der Waals surface area contributed by atoms with Gasteiger partial charge in [-0.1, -0.05) is 6.07 Å². The van der Waals surface area contributed by atoms with Crippen molar-refractivity contribution in [2.45, 2.75) is 34.3 Å². The van der Waals surface area contributed by atoms with Crippen LogP contribution in [0, 0.1) is 30.9 Å². The number of esters is 1. The summed E-state index contributed by atoms with van der Waals surface area (Å²) in [5.41, 5.74) is 3.80. The van der Waals surface area contributed by atoms with Gasteiger partial charge in [-0.15, -0.1) is 0 Å². The van der Waals surface area contributed by atoms with E-state index in [1.165, 1.54) is 26.2 Å². The molecular weight excluding hydrogens is 350 g/mol. The van der Waals surface area contributed by atoms with Crippen molar-refractivity contribution in [1.29, 1.82) is 0 Å². The van der Waals surface area contributed by atoms with Crippen molar-refractivity contribution >= 4 is 17.4 Å². The lowest BCUT2D eigenvalue weighted by Gasteiger charge is -2.16. The van der Waals surface area contributed by atoms with E-state index in [-0.39, 0.29) is 29.4 Å². The Labute approximate surface area is 157 Å². The molecule has 2 aromatic rings. The zero-order valence-electron chi connectivity index (χ0n) is 15.9. The van der Waals surface area contributed by atoms with Gasteiger partial charge in [0.1, 0.15) is 6.61 Å². The van der Waals surface area contributed by atoms with Crippen molar-refractivity contribution in [3.63, 3.8) is 0 Å². The molecule has 0 fully saturated rings. The fourth-order valence-corrected chi connectivity index (χ4v) is 3.17. The van der Waals surface area contributed by atoms with Gasteiger partial charge in [0.25, 0.3) is 0 Å². The van der Waals surface area contributed by atoms with E-state index < -0.39 is 10.9 Å². The van der Waals surface area contributed by atoms with E-state index >= 15 is 0 Å². The van der Waals surface area contributed by atoms with E-state index in [0.29, 0.717) is 5.56 Å². The summed E-state index contributed by atoms with van der Waals surface area (Å²) in [5, 5.41) is 11.3. The molecule has 2 aromatic carbocycles. The minimum Gasteiger partial charge on any atom is -0.482 e. The lowest BCUT2D eigenvalue weighted by atomic mass is 9.92. The quantitative estimate of drug-likeness (QED) is 0.328. The third-order valence-corrected chi connectivity index (χ3v) is 4.43. The van der Waals surface area contributed by atoms with Crippen molar-refractivity contribution < 1.29 is 24.0 Å². The van der Waals surface area contributed by atoms with Gasteiger partial charge in [0.15, 0.2) is 11.5 Å². The van der Waals surface area contributed by atoms with Crippen LogP contribution in [0.5, 0.6) is 5.75 Å². The predicted octanol–water partition coefficient (Wildman–Crippen LogP) is 4.09.